The average Bonchev–Trinajstić information content (AvgIpc) is 2.76. The Morgan fingerprint density at radius 3 is 1.55 bits per heavy atom. The number of nitrogens with zero attached hydrogens (tertiary/aromatic N) is 1. The van der Waals surface area contributed by atoms with Crippen LogP contribution in [0.4, 0.5) is 17.1 Å². The second-order valence-electron chi connectivity index (χ2n) is 6.84. The molecular weight excluding hydrogens is 394 g/mol. The first-order valence-corrected chi connectivity index (χ1v) is 9.44. The maximum absolute atomic E-state index is 12.7. The maximum atomic E-state index is 12.7. The number of aliphatic imine (C=N–C) groups is 1. The van der Waals surface area contributed by atoms with Crippen LogP contribution in [0.5, 0.6) is 17.2 Å². The molecule has 5 N–H and O–H groups in total. The molecule has 0 atom stereocenters. The number of allylic oxidation sites excluding steroid dienone is 2. The van der Waals surface area contributed by atoms with Crippen LogP contribution in [-0.4, -0.2) is 26.8 Å². The highest BCUT2D eigenvalue weighted by Gasteiger charge is 2.20. The molecule has 0 amide bonds. The zero-order valence-electron chi connectivity index (χ0n) is 16.3. The van der Waals surface area contributed by atoms with E-state index in [2.05, 4.69) is 15.6 Å². The van der Waals surface area contributed by atoms with E-state index in [0.29, 0.717) is 34.2 Å². The molecule has 0 aliphatic heterocycles. The molecule has 0 saturated carbocycles. The lowest BCUT2D eigenvalue weighted by Gasteiger charge is -2.18. The van der Waals surface area contributed by atoms with E-state index >= 15 is 0 Å². The van der Waals surface area contributed by atoms with Gasteiger partial charge < -0.3 is 26.0 Å². The third kappa shape index (κ3) is 4.91. The fourth-order valence-electron chi connectivity index (χ4n) is 2.93. The SMILES string of the molecule is O=C1C=C(Nc2ccc(O)cc2)C(=Nc2ccc(O)cc2)C=C1Nc1ccc(O)cc1. The Morgan fingerprint density at radius 1 is 0.581 bits per heavy atom. The summed E-state index contributed by atoms with van der Waals surface area (Å²) in [7, 11) is 0. The highest BCUT2D eigenvalue weighted by atomic mass is 16.3. The lowest BCUT2D eigenvalue weighted by atomic mass is 10.0. The van der Waals surface area contributed by atoms with Crippen molar-refractivity contribution in [2.24, 2.45) is 4.99 Å². The van der Waals surface area contributed by atoms with Crippen molar-refractivity contribution >= 4 is 28.6 Å². The minimum atomic E-state index is -0.251. The number of hydrogen-bond donors (Lipinski definition) is 5. The van der Waals surface area contributed by atoms with E-state index in [9.17, 15) is 20.1 Å². The summed E-state index contributed by atoms with van der Waals surface area (Å²) in [4.78, 5) is 17.3. The van der Waals surface area contributed by atoms with Crippen LogP contribution in [0.25, 0.3) is 0 Å². The summed E-state index contributed by atoms with van der Waals surface area (Å²) in [6, 6.07) is 19.2. The van der Waals surface area contributed by atoms with Gasteiger partial charge in [0.05, 0.1) is 22.8 Å². The lowest BCUT2D eigenvalue weighted by molar-refractivity contribution is -0.111. The van der Waals surface area contributed by atoms with Gasteiger partial charge in [0.15, 0.2) is 0 Å². The van der Waals surface area contributed by atoms with Crippen molar-refractivity contribution < 1.29 is 20.1 Å². The van der Waals surface area contributed by atoms with Gasteiger partial charge in [0.1, 0.15) is 17.2 Å². The van der Waals surface area contributed by atoms with Crippen molar-refractivity contribution in [2.75, 3.05) is 10.6 Å². The van der Waals surface area contributed by atoms with Crippen LogP contribution in [0.3, 0.4) is 0 Å². The molecule has 0 bridgehead atoms. The van der Waals surface area contributed by atoms with Gasteiger partial charge in [-0.2, -0.15) is 0 Å². The molecule has 154 valence electrons. The Balaban J connectivity index is 1.68. The second-order valence-corrected chi connectivity index (χ2v) is 6.84. The number of benzene rings is 3. The van der Waals surface area contributed by atoms with E-state index in [1.807, 2.05) is 0 Å². The monoisotopic (exact) mass is 413 g/mol. The van der Waals surface area contributed by atoms with Crippen molar-refractivity contribution in [3.8, 4) is 17.2 Å². The average molecular weight is 413 g/mol. The van der Waals surface area contributed by atoms with E-state index in [1.165, 1.54) is 42.5 Å². The number of phenols is 3. The Hall–Kier alpha value is -4.52. The van der Waals surface area contributed by atoms with Gasteiger partial charge in [-0.05, 0) is 78.9 Å². The number of carbonyl (C=O) groups excluding carboxylic acids is 1. The van der Waals surface area contributed by atoms with Crippen LogP contribution in [0, 0.1) is 0 Å². The van der Waals surface area contributed by atoms with Gasteiger partial charge in [-0.25, -0.2) is 4.99 Å². The summed E-state index contributed by atoms with van der Waals surface area (Å²) >= 11 is 0. The van der Waals surface area contributed by atoms with E-state index in [1.54, 1.807) is 42.5 Å². The summed E-state index contributed by atoms with van der Waals surface area (Å²) < 4.78 is 0. The van der Waals surface area contributed by atoms with E-state index in [0.717, 1.165) is 0 Å². The predicted octanol–water partition coefficient (Wildman–Crippen LogP) is 4.45. The molecule has 31 heavy (non-hydrogen) atoms. The molecule has 0 spiro atoms. The van der Waals surface area contributed by atoms with Crippen LogP contribution in [0.1, 0.15) is 0 Å². The molecule has 1 aliphatic carbocycles. The first-order chi connectivity index (χ1) is 15.0. The Bertz CT molecular complexity index is 1190. The molecule has 0 unspecified atom stereocenters. The minimum Gasteiger partial charge on any atom is -0.508 e. The number of rotatable bonds is 5. The minimum absolute atomic E-state index is 0.129. The summed E-state index contributed by atoms with van der Waals surface area (Å²) in [5.74, 6) is 0.145. The molecule has 0 saturated heterocycles. The van der Waals surface area contributed by atoms with Crippen molar-refractivity contribution in [1.82, 2.24) is 0 Å². The van der Waals surface area contributed by atoms with Gasteiger partial charge in [-0.1, -0.05) is 0 Å². The molecule has 0 aromatic heterocycles. The van der Waals surface area contributed by atoms with Crippen molar-refractivity contribution in [2.45, 2.75) is 0 Å². The molecule has 1 aliphatic rings. The van der Waals surface area contributed by atoms with Crippen molar-refractivity contribution in [3.63, 3.8) is 0 Å². The van der Waals surface area contributed by atoms with Crippen molar-refractivity contribution in [3.05, 3.63) is 96.3 Å². The summed E-state index contributed by atoms with van der Waals surface area (Å²) in [6.07, 6.45) is 3.07. The number of anilines is 2. The standard InChI is InChI=1S/C24H19N3O4/c28-18-7-1-15(2-8-18)25-21-13-23(27-17-5-11-20(30)12-6-17)24(31)14-22(21)26-16-3-9-19(29)10-4-16/h1-14,26-30H. The molecule has 4 rings (SSSR count). The number of nitrogens with one attached hydrogen (secondary N) is 2. The number of hydrogen-bond acceptors (Lipinski definition) is 7. The van der Waals surface area contributed by atoms with Gasteiger partial charge in [0.2, 0.25) is 5.78 Å². The van der Waals surface area contributed by atoms with Gasteiger partial charge in [-0.15, -0.1) is 0 Å². The normalized spacial score (nSPS) is 14.7. The van der Waals surface area contributed by atoms with Crippen LogP contribution < -0.4 is 10.6 Å². The smallest absolute Gasteiger partial charge is 0.204 e. The number of ketones is 1. The zero-order valence-corrected chi connectivity index (χ0v) is 16.3. The van der Waals surface area contributed by atoms with Crippen LogP contribution >= 0.6 is 0 Å². The summed E-state index contributed by atoms with van der Waals surface area (Å²) in [6.45, 7) is 0. The van der Waals surface area contributed by atoms with Crippen LogP contribution in [0.2, 0.25) is 0 Å². The van der Waals surface area contributed by atoms with E-state index in [4.69, 9.17) is 0 Å². The van der Waals surface area contributed by atoms with Gasteiger partial charge >= 0.3 is 0 Å². The summed E-state index contributed by atoms with van der Waals surface area (Å²) in [5, 5.41) is 34.7. The zero-order chi connectivity index (χ0) is 21.8. The quantitative estimate of drug-likeness (QED) is 0.312. The second kappa shape index (κ2) is 8.46. The Labute approximate surface area is 178 Å². The molecule has 0 heterocycles. The highest BCUT2D eigenvalue weighted by molar-refractivity contribution is 6.24. The predicted molar refractivity (Wildman–Crippen MR) is 120 cm³/mol. The molecule has 0 fully saturated rings. The third-order valence-electron chi connectivity index (χ3n) is 4.49. The fourth-order valence-corrected chi connectivity index (χ4v) is 2.93. The maximum Gasteiger partial charge on any atom is 0.204 e. The molecular formula is C24H19N3O4. The molecule has 3 aromatic carbocycles. The van der Waals surface area contributed by atoms with Crippen molar-refractivity contribution in [1.29, 1.82) is 0 Å². The first-order valence-electron chi connectivity index (χ1n) is 9.44. The number of phenolic OH excluding ortho intramolecular Hbond substituents is 3. The molecule has 3 aromatic rings. The Kier molecular flexibility index (Phi) is 5.40. The summed E-state index contributed by atoms with van der Waals surface area (Å²) in [5.41, 5.74) is 3.23. The van der Waals surface area contributed by atoms with Gasteiger partial charge in [0, 0.05) is 17.5 Å². The van der Waals surface area contributed by atoms with Gasteiger partial charge in [0.25, 0.3) is 0 Å². The molecule has 7 heteroatoms. The number of aromatic hydroxyl groups is 3. The van der Waals surface area contributed by atoms with Crippen LogP contribution in [-0.2, 0) is 4.79 Å². The first kappa shape index (κ1) is 19.8. The largest absolute Gasteiger partial charge is 0.508 e. The highest BCUT2D eigenvalue weighted by Crippen LogP contribution is 2.24. The Morgan fingerprint density at radius 2 is 1.03 bits per heavy atom. The topological polar surface area (TPSA) is 114 Å². The van der Waals surface area contributed by atoms with Crippen LogP contribution in [0.15, 0.2) is 101 Å². The van der Waals surface area contributed by atoms with Gasteiger partial charge in [-0.3, -0.25) is 4.79 Å². The lowest BCUT2D eigenvalue weighted by Crippen LogP contribution is -2.22. The fraction of sp³-hybridized carbons (Fsp3) is 0. The van der Waals surface area contributed by atoms with E-state index in [-0.39, 0.29) is 23.0 Å². The number of carbonyl (C=O) groups is 1. The molecule has 0 radical (unpaired) electrons. The third-order valence-corrected chi connectivity index (χ3v) is 4.49. The van der Waals surface area contributed by atoms with E-state index < -0.39 is 0 Å². The molecule has 7 nitrogen and oxygen atoms in total.